The molecule has 0 aliphatic rings. The highest BCUT2D eigenvalue weighted by Gasteiger charge is 2.08. The number of nitrogens with zero attached hydrogens (tertiary/aromatic N) is 4. The predicted molar refractivity (Wildman–Crippen MR) is 66.5 cm³/mol. The molecule has 1 aromatic heterocycles. The number of hydrogen-bond donors (Lipinski definition) is 1. The molecule has 17 heavy (non-hydrogen) atoms. The summed E-state index contributed by atoms with van der Waals surface area (Å²) in [6.07, 6.45) is 0. The summed E-state index contributed by atoms with van der Waals surface area (Å²) >= 11 is 7.08. The van der Waals surface area contributed by atoms with Crippen molar-refractivity contribution in [2.45, 2.75) is 5.16 Å². The van der Waals surface area contributed by atoms with Crippen molar-refractivity contribution in [3.05, 3.63) is 35.9 Å². The van der Waals surface area contributed by atoms with Crippen LogP contribution in [0.5, 0.6) is 5.75 Å². The van der Waals surface area contributed by atoms with E-state index < -0.39 is 0 Å². The van der Waals surface area contributed by atoms with E-state index in [2.05, 4.69) is 22.1 Å². The number of thioether (sulfide) groups is 1. The standard InChI is InChI=1S/C10H9ClN4OS/c1-7(11)6-17-10-12-13-14-15(10)8-2-4-9(16)5-3-8/h2-5,16H,1,6H2. The number of rotatable bonds is 4. The molecule has 2 aromatic rings. The first-order chi connectivity index (χ1) is 8.16. The van der Waals surface area contributed by atoms with Crippen LogP contribution < -0.4 is 0 Å². The highest BCUT2D eigenvalue weighted by molar-refractivity contribution is 7.99. The maximum absolute atomic E-state index is 9.20. The molecule has 5 nitrogen and oxygen atoms in total. The van der Waals surface area contributed by atoms with Gasteiger partial charge < -0.3 is 5.11 Å². The third-order valence-corrected chi connectivity index (χ3v) is 3.19. The molecule has 1 N–H and O–H groups in total. The second-order valence-electron chi connectivity index (χ2n) is 3.20. The van der Waals surface area contributed by atoms with Gasteiger partial charge in [-0.2, -0.15) is 4.68 Å². The van der Waals surface area contributed by atoms with E-state index in [1.807, 2.05) is 0 Å². The summed E-state index contributed by atoms with van der Waals surface area (Å²) in [5.41, 5.74) is 0.774. The molecule has 0 bridgehead atoms. The Kier molecular flexibility index (Phi) is 3.65. The van der Waals surface area contributed by atoms with Crippen LogP contribution in [0.1, 0.15) is 0 Å². The Morgan fingerprint density at radius 1 is 1.41 bits per heavy atom. The quantitative estimate of drug-likeness (QED) is 0.862. The van der Waals surface area contributed by atoms with Crippen LogP contribution in [0.25, 0.3) is 5.69 Å². The number of tetrazole rings is 1. The van der Waals surface area contributed by atoms with Crippen molar-refractivity contribution >= 4 is 23.4 Å². The summed E-state index contributed by atoms with van der Waals surface area (Å²) in [4.78, 5) is 0. The van der Waals surface area contributed by atoms with Gasteiger partial charge in [0.15, 0.2) is 0 Å². The maximum atomic E-state index is 9.20. The highest BCUT2D eigenvalue weighted by atomic mass is 35.5. The molecule has 0 aliphatic heterocycles. The summed E-state index contributed by atoms with van der Waals surface area (Å²) < 4.78 is 1.57. The molecule has 2 rings (SSSR count). The van der Waals surface area contributed by atoms with E-state index in [9.17, 15) is 5.11 Å². The van der Waals surface area contributed by atoms with Crippen LogP contribution >= 0.6 is 23.4 Å². The molecule has 7 heteroatoms. The van der Waals surface area contributed by atoms with Crippen LogP contribution in [0.2, 0.25) is 0 Å². The van der Waals surface area contributed by atoms with Crippen molar-refractivity contribution in [1.82, 2.24) is 20.2 Å². The Bertz CT molecular complexity index is 525. The third-order valence-electron chi connectivity index (χ3n) is 1.89. The zero-order valence-electron chi connectivity index (χ0n) is 8.75. The van der Waals surface area contributed by atoms with Gasteiger partial charge in [0.1, 0.15) is 5.75 Å². The van der Waals surface area contributed by atoms with Gasteiger partial charge >= 0.3 is 0 Å². The van der Waals surface area contributed by atoms with Crippen LogP contribution in [0.4, 0.5) is 0 Å². The van der Waals surface area contributed by atoms with Crippen molar-refractivity contribution in [2.24, 2.45) is 0 Å². The number of benzene rings is 1. The molecule has 0 aliphatic carbocycles. The normalized spacial score (nSPS) is 10.4. The first-order valence-corrected chi connectivity index (χ1v) is 6.07. The van der Waals surface area contributed by atoms with Crippen molar-refractivity contribution < 1.29 is 5.11 Å². The fourth-order valence-electron chi connectivity index (χ4n) is 1.17. The fraction of sp³-hybridized carbons (Fsp3) is 0.100. The number of phenols is 1. The fourth-order valence-corrected chi connectivity index (χ4v) is 1.98. The van der Waals surface area contributed by atoms with E-state index in [1.165, 1.54) is 11.8 Å². The van der Waals surface area contributed by atoms with Gasteiger partial charge in [-0.1, -0.05) is 29.9 Å². The predicted octanol–water partition coefficient (Wildman–Crippen LogP) is 2.21. The number of hydrogen-bond acceptors (Lipinski definition) is 5. The van der Waals surface area contributed by atoms with Gasteiger partial charge in [-0.15, -0.1) is 5.10 Å². The molecule has 1 aromatic carbocycles. The highest BCUT2D eigenvalue weighted by Crippen LogP contribution is 2.21. The van der Waals surface area contributed by atoms with E-state index >= 15 is 0 Å². The lowest BCUT2D eigenvalue weighted by Crippen LogP contribution is -1.98. The Hall–Kier alpha value is -1.53. The van der Waals surface area contributed by atoms with Crippen LogP contribution in [0.15, 0.2) is 41.0 Å². The maximum Gasteiger partial charge on any atom is 0.214 e. The number of phenolic OH excluding ortho intramolecular Hbond substituents is 1. The van der Waals surface area contributed by atoms with Crippen molar-refractivity contribution in [2.75, 3.05) is 5.75 Å². The number of aromatic hydroxyl groups is 1. The lowest BCUT2D eigenvalue weighted by molar-refractivity contribution is 0.475. The summed E-state index contributed by atoms with van der Waals surface area (Å²) in [5.74, 6) is 0.741. The summed E-state index contributed by atoms with van der Waals surface area (Å²) in [7, 11) is 0. The summed E-state index contributed by atoms with van der Waals surface area (Å²) in [6, 6.07) is 6.61. The van der Waals surface area contributed by atoms with E-state index in [1.54, 1.807) is 28.9 Å². The molecule has 1 heterocycles. The molecule has 0 spiro atoms. The topological polar surface area (TPSA) is 63.8 Å². The molecule has 0 saturated carbocycles. The lowest BCUT2D eigenvalue weighted by Gasteiger charge is -2.03. The number of halogens is 1. The lowest BCUT2D eigenvalue weighted by atomic mass is 10.3. The SMILES string of the molecule is C=C(Cl)CSc1nnnn1-c1ccc(O)cc1. The van der Waals surface area contributed by atoms with Crippen LogP contribution in [0.3, 0.4) is 0 Å². The minimum atomic E-state index is 0.199. The van der Waals surface area contributed by atoms with Gasteiger partial charge in [0.25, 0.3) is 0 Å². The monoisotopic (exact) mass is 268 g/mol. The smallest absolute Gasteiger partial charge is 0.214 e. The molecular formula is C10H9ClN4OS. The summed E-state index contributed by atoms with van der Waals surface area (Å²) in [6.45, 7) is 3.60. The first kappa shape index (κ1) is 11.9. The molecule has 0 fully saturated rings. The Labute approximate surface area is 107 Å². The Balaban J connectivity index is 2.24. The summed E-state index contributed by atoms with van der Waals surface area (Å²) in [5, 5.41) is 21.7. The molecular weight excluding hydrogens is 260 g/mol. The molecule has 0 saturated heterocycles. The molecule has 0 atom stereocenters. The average Bonchev–Trinajstić information content (AvgIpc) is 2.75. The first-order valence-electron chi connectivity index (χ1n) is 4.70. The number of aromatic nitrogens is 4. The van der Waals surface area contributed by atoms with Gasteiger partial charge in [0, 0.05) is 10.8 Å². The van der Waals surface area contributed by atoms with Crippen LogP contribution in [-0.2, 0) is 0 Å². The minimum absolute atomic E-state index is 0.199. The molecule has 0 unspecified atom stereocenters. The van der Waals surface area contributed by atoms with Crippen LogP contribution in [-0.4, -0.2) is 31.1 Å². The minimum Gasteiger partial charge on any atom is -0.508 e. The van der Waals surface area contributed by atoms with Gasteiger partial charge in [-0.3, -0.25) is 0 Å². The van der Waals surface area contributed by atoms with E-state index in [4.69, 9.17) is 11.6 Å². The largest absolute Gasteiger partial charge is 0.508 e. The van der Waals surface area contributed by atoms with Gasteiger partial charge in [-0.05, 0) is 34.7 Å². The van der Waals surface area contributed by atoms with E-state index in [0.717, 1.165) is 5.69 Å². The zero-order valence-corrected chi connectivity index (χ0v) is 10.3. The van der Waals surface area contributed by atoms with Crippen molar-refractivity contribution in [1.29, 1.82) is 0 Å². The van der Waals surface area contributed by atoms with E-state index in [-0.39, 0.29) is 5.75 Å². The van der Waals surface area contributed by atoms with Crippen molar-refractivity contribution in [3.8, 4) is 11.4 Å². The van der Waals surface area contributed by atoms with Gasteiger partial charge in [-0.25, -0.2) is 0 Å². The Morgan fingerprint density at radius 3 is 2.76 bits per heavy atom. The zero-order chi connectivity index (χ0) is 12.3. The van der Waals surface area contributed by atoms with Gasteiger partial charge in [0.05, 0.1) is 5.69 Å². The van der Waals surface area contributed by atoms with Crippen LogP contribution in [0, 0.1) is 0 Å². The average molecular weight is 269 g/mol. The second kappa shape index (κ2) is 5.20. The van der Waals surface area contributed by atoms with Crippen molar-refractivity contribution in [3.63, 3.8) is 0 Å². The third kappa shape index (κ3) is 2.98. The molecule has 88 valence electrons. The van der Waals surface area contributed by atoms with E-state index in [0.29, 0.717) is 15.9 Å². The van der Waals surface area contributed by atoms with Gasteiger partial charge in [0.2, 0.25) is 5.16 Å². The Morgan fingerprint density at radius 2 is 2.12 bits per heavy atom. The second-order valence-corrected chi connectivity index (χ2v) is 4.67. The molecule has 0 radical (unpaired) electrons. The molecule has 0 amide bonds.